The molecule has 132 valence electrons. The van der Waals surface area contributed by atoms with E-state index in [9.17, 15) is 9.59 Å². The van der Waals surface area contributed by atoms with E-state index in [0.717, 1.165) is 11.1 Å². The Labute approximate surface area is 151 Å². The summed E-state index contributed by atoms with van der Waals surface area (Å²) in [5.41, 5.74) is 1.71. The Bertz CT molecular complexity index is 610. The van der Waals surface area contributed by atoms with Crippen molar-refractivity contribution in [1.29, 1.82) is 0 Å². The van der Waals surface area contributed by atoms with Crippen LogP contribution in [0.25, 0.3) is 0 Å². The van der Waals surface area contributed by atoms with E-state index in [4.69, 9.17) is 21.1 Å². The molecule has 0 aromatic heterocycles. The number of halogens is 1. The van der Waals surface area contributed by atoms with Crippen molar-refractivity contribution in [1.82, 2.24) is 10.6 Å². The Morgan fingerprint density at radius 1 is 0.800 bits per heavy atom. The molecule has 0 unspecified atom stereocenters. The van der Waals surface area contributed by atoms with Gasteiger partial charge in [0, 0.05) is 0 Å². The molecule has 2 aromatic carbocycles. The number of carbonyl (C=O) groups excluding carboxylic acids is 2. The lowest BCUT2D eigenvalue weighted by Crippen LogP contribution is -2.49. The summed E-state index contributed by atoms with van der Waals surface area (Å²) >= 11 is 5.75. The molecular formula is C18H19ClN2O4. The zero-order valence-electron chi connectivity index (χ0n) is 13.5. The number of benzene rings is 2. The van der Waals surface area contributed by atoms with E-state index in [1.165, 1.54) is 0 Å². The van der Waals surface area contributed by atoms with Crippen LogP contribution >= 0.6 is 11.6 Å². The highest BCUT2D eigenvalue weighted by molar-refractivity contribution is 6.18. The van der Waals surface area contributed by atoms with Gasteiger partial charge < -0.3 is 9.47 Å². The van der Waals surface area contributed by atoms with E-state index in [2.05, 4.69) is 10.6 Å². The molecule has 2 amide bonds. The highest BCUT2D eigenvalue weighted by atomic mass is 35.5. The van der Waals surface area contributed by atoms with Crippen molar-refractivity contribution in [2.24, 2.45) is 0 Å². The standard InChI is InChI=1S/C18H19ClN2O4/c19-11-16(20-17(22)24-12-14-7-3-1-4-8-14)21-18(23)25-13-15-9-5-2-6-10-15/h1-10,16H,11-13H2,(H,20,22)(H,21,23). The van der Waals surface area contributed by atoms with Gasteiger partial charge in [-0.05, 0) is 11.1 Å². The zero-order valence-corrected chi connectivity index (χ0v) is 14.2. The molecule has 2 N–H and O–H groups in total. The predicted molar refractivity (Wildman–Crippen MR) is 94.0 cm³/mol. The molecule has 0 fully saturated rings. The molecule has 0 aliphatic heterocycles. The third-order valence-corrected chi connectivity index (χ3v) is 3.47. The number of alkyl carbamates (subject to hydrolysis) is 2. The number of rotatable bonds is 7. The van der Waals surface area contributed by atoms with Gasteiger partial charge in [-0.2, -0.15) is 0 Å². The number of hydrogen-bond donors (Lipinski definition) is 2. The first-order valence-electron chi connectivity index (χ1n) is 7.68. The van der Waals surface area contributed by atoms with Gasteiger partial charge in [-0.15, -0.1) is 11.6 Å². The molecule has 2 rings (SSSR count). The van der Waals surface area contributed by atoms with Crippen molar-refractivity contribution in [3.05, 3.63) is 71.8 Å². The molecule has 0 heterocycles. The van der Waals surface area contributed by atoms with Crippen molar-refractivity contribution in [3.63, 3.8) is 0 Å². The van der Waals surface area contributed by atoms with Crippen LogP contribution in [-0.4, -0.2) is 24.2 Å². The topological polar surface area (TPSA) is 76.7 Å². The van der Waals surface area contributed by atoms with Crippen LogP contribution in [0.15, 0.2) is 60.7 Å². The molecular weight excluding hydrogens is 344 g/mol. The van der Waals surface area contributed by atoms with E-state index >= 15 is 0 Å². The van der Waals surface area contributed by atoms with Crippen LogP contribution < -0.4 is 10.6 Å². The van der Waals surface area contributed by atoms with Crippen molar-refractivity contribution in [2.75, 3.05) is 5.88 Å². The molecule has 0 saturated heterocycles. The fraction of sp³-hybridized carbons (Fsp3) is 0.222. The fourth-order valence-electron chi connectivity index (χ4n) is 1.93. The lowest BCUT2D eigenvalue weighted by molar-refractivity contribution is 0.124. The predicted octanol–water partition coefficient (Wildman–Crippen LogP) is 3.40. The summed E-state index contributed by atoms with van der Waals surface area (Å²) in [7, 11) is 0. The van der Waals surface area contributed by atoms with Crippen LogP contribution in [0.4, 0.5) is 9.59 Å². The van der Waals surface area contributed by atoms with Crippen molar-refractivity contribution < 1.29 is 19.1 Å². The second kappa shape index (κ2) is 10.2. The van der Waals surface area contributed by atoms with Gasteiger partial charge in [0.2, 0.25) is 0 Å². The third-order valence-electron chi connectivity index (χ3n) is 3.16. The Morgan fingerprint density at radius 2 is 1.20 bits per heavy atom. The summed E-state index contributed by atoms with van der Waals surface area (Å²) < 4.78 is 10.1. The first-order chi connectivity index (χ1) is 12.2. The average Bonchev–Trinajstić information content (AvgIpc) is 2.66. The minimum atomic E-state index is -0.798. The van der Waals surface area contributed by atoms with Gasteiger partial charge in [0.15, 0.2) is 0 Å². The maximum Gasteiger partial charge on any atom is 0.409 e. The normalized spacial score (nSPS) is 10.2. The van der Waals surface area contributed by atoms with Crippen molar-refractivity contribution >= 4 is 23.8 Å². The summed E-state index contributed by atoms with van der Waals surface area (Å²) in [5.74, 6) is -0.0269. The van der Waals surface area contributed by atoms with E-state index in [-0.39, 0.29) is 19.1 Å². The monoisotopic (exact) mass is 362 g/mol. The van der Waals surface area contributed by atoms with Crippen molar-refractivity contribution in [2.45, 2.75) is 19.4 Å². The molecule has 2 aromatic rings. The lowest BCUT2D eigenvalue weighted by atomic mass is 10.2. The number of hydrogen-bond acceptors (Lipinski definition) is 4. The van der Waals surface area contributed by atoms with Crippen LogP contribution in [-0.2, 0) is 22.7 Å². The summed E-state index contributed by atoms with van der Waals surface area (Å²) in [6, 6.07) is 18.5. The van der Waals surface area contributed by atoms with Crippen LogP contribution in [0.3, 0.4) is 0 Å². The highest BCUT2D eigenvalue weighted by Crippen LogP contribution is 2.02. The smallest absolute Gasteiger partial charge is 0.409 e. The molecule has 0 atom stereocenters. The van der Waals surface area contributed by atoms with Crippen LogP contribution in [0.2, 0.25) is 0 Å². The second-order valence-corrected chi connectivity index (χ2v) is 5.43. The largest absolute Gasteiger partial charge is 0.445 e. The summed E-state index contributed by atoms with van der Waals surface area (Å²) in [5, 5.41) is 4.92. The van der Waals surface area contributed by atoms with Crippen LogP contribution in [0, 0.1) is 0 Å². The SMILES string of the molecule is O=C(NC(CCl)NC(=O)OCc1ccccc1)OCc1ccccc1. The quantitative estimate of drug-likeness (QED) is 0.584. The Morgan fingerprint density at radius 3 is 1.56 bits per heavy atom. The van der Waals surface area contributed by atoms with E-state index in [1.54, 1.807) is 0 Å². The summed E-state index contributed by atoms with van der Waals surface area (Å²) in [4.78, 5) is 23.5. The number of amides is 2. The van der Waals surface area contributed by atoms with E-state index in [0.29, 0.717) is 0 Å². The minimum absolute atomic E-state index is 0.0269. The maximum atomic E-state index is 11.8. The minimum Gasteiger partial charge on any atom is -0.445 e. The van der Waals surface area contributed by atoms with Gasteiger partial charge in [0.05, 0.1) is 5.88 Å². The second-order valence-electron chi connectivity index (χ2n) is 5.12. The number of ether oxygens (including phenoxy) is 2. The molecule has 6 nitrogen and oxygen atoms in total. The molecule has 0 bridgehead atoms. The fourth-order valence-corrected chi connectivity index (χ4v) is 2.08. The summed E-state index contributed by atoms with van der Waals surface area (Å²) in [6.45, 7) is 0.250. The van der Waals surface area contributed by atoms with Gasteiger partial charge in [-0.1, -0.05) is 60.7 Å². The average molecular weight is 363 g/mol. The first-order valence-corrected chi connectivity index (χ1v) is 8.21. The molecule has 0 spiro atoms. The molecule has 0 aliphatic carbocycles. The molecule has 0 aliphatic rings. The van der Waals surface area contributed by atoms with Crippen LogP contribution in [0.5, 0.6) is 0 Å². The summed E-state index contributed by atoms with van der Waals surface area (Å²) in [6.07, 6.45) is -2.16. The molecule has 0 saturated carbocycles. The molecule has 0 radical (unpaired) electrons. The van der Waals surface area contributed by atoms with Gasteiger partial charge in [0.1, 0.15) is 19.4 Å². The molecule has 7 heteroatoms. The zero-order chi connectivity index (χ0) is 17.9. The molecule has 25 heavy (non-hydrogen) atoms. The lowest BCUT2D eigenvalue weighted by Gasteiger charge is -2.17. The first kappa shape index (κ1) is 18.6. The van der Waals surface area contributed by atoms with Crippen molar-refractivity contribution in [3.8, 4) is 0 Å². The van der Waals surface area contributed by atoms with Crippen LogP contribution in [0.1, 0.15) is 11.1 Å². The van der Waals surface area contributed by atoms with E-state index in [1.807, 2.05) is 60.7 Å². The van der Waals surface area contributed by atoms with Gasteiger partial charge in [-0.25, -0.2) is 9.59 Å². The highest BCUT2D eigenvalue weighted by Gasteiger charge is 2.15. The Balaban J connectivity index is 1.71. The van der Waals surface area contributed by atoms with Gasteiger partial charge >= 0.3 is 12.2 Å². The number of nitrogens with one attached hydrogen (secondary N) is 2. The Kier molecular flexibility index (Phi) is 7.59. The van der Waals surface area contributed by atoms with Gasteiger partial charge in [-0.3, -0.25) is 10.6 Å². The maximum absolute atomic E-state index is 11.8. The number of carbonyl (C=O) groups is 2. The number of alkyl halides is 1. The Hall–Kier alpha value is -2.73. The van der Waals surface area contributed by atoms with E-state index < -0.39 is 18.4 Å². The van der Waals surface area contributed by atoms with Gasteiger partial charge in [0.25, 0.3) is 0 Å². The third kappa shape index (κ3) is 7.14.